The maximum absolute atomic E-state index is 5.97. The summed E-state index contributed by atoms with van der Waals surface area (Å²) in [5, 5.41) is 0. The van der Waals surface area contributed by atoms with Crippen molar-refractivity contribution in [1.29, 1.82) is 0 Å². The van der Waals surface area contributed by atoms with Crippen molar-refractivity contribution in [3.63, 3.8) is 0 Å². The first-order chi connectivity index (χ1) is 9.72. The Labute approximate surface area is 120 Å². The molecule has 0 saturated carbocycles. The number of furan rings is 1. The van der Waals surface area contributed by atoms with Gasteiger partial charge in [-0.25, -0.2) is 4.98 Å². The molecule has 0 aromatic carbocycles. The average Bonchev–Trinajstić information content (AvgIpc) is 2.98. The van der Waals surface area contributed by atoms with Gasteiger partial charge in [-0.05, 0) is 43.5 Å². The summed E-state index contributed by atoms with van der Waals surface area (Å²) < 4.78 is 5.39. The lowest BCUT2D eigenvalue weighted by atomic mass is 10.1. The van der Waals surface area contributed by atoms with Crippen LogP contribution in [0.25, 0.3) is 0 Å². The van der Waals surface area contributed by atoms with Crippen molar-refractivity contribution < 1.29 is 4.42 Å². The van der Waals surface area contributed by atoms with E-state index in [0.29, 0.717) is 0 Å². The molecule has 0 bridgehead atoms. The topological polar surface area (TPSA) is 55.3 Å². The predicted molar refractivity (Wildman–Crippen MR) is 81.6 cm³/mol. The molecule has 4 nitrogen and oxygen atoms in total. The third-order valence-corrected chi connectivity index (χ3v) is 3.46. The van der Waals surface area contributed by atoms with E-state index in [0.717, 1.165) is 37.5 Å². The van der Waals surface area contributed by atoms with Crippen LogP contribution in [0.4, 0.5) is 5.82 Å². The number of hydrogen-bond acceptors (Lipinski definition) is 4. The Balaban J connectivity index is 2.03. The molecule has 2 aromatic heterocycles. The van der Waals surface area contributed by atoms with Gasteiger partial charge in [0.05, 0.1) is 12.8 Å². The molecule has 0 aliphatic heterocycles. The molecular formula is C16H23N3O. The molecule has 1 atom stereocenters. The highest BCUT2D eigenvalue weighted by atomic mass is 16.3. The summed E-state index contributed by atoms with van der Waals surface area (Å²) in [5.41, 5.74) is 7.16. The zero-order valence-electron chi connectivity index (χ0n) is 12.2. The first-order valence-electron chi connectivity index (χ1n) is 7.20. The van der Waals surface area contributed by atoms with Crippen molar-refractivity contribution in [1.82, 2.24) is 4.98 Å². The van der Waals surface area contributed by atoms with Gasteiger partial charge >= 0.3 is 0 Å². The third-order valence-electron chi connectivity index (χ3n) is 3.46. The van der Waals surface area contributed by atoms with Gasteiger partial charge in [-0.15, -0.1) is 0 Å². The van der Waals surface area contributed by atoms with E-state index >= 15 is 0 Å². The fourth-order valence-electron chi connectivity index (χ4n) is 2.12. The van der Waals surface area contributed by atoms with Crippen LogP contribution in [-0.4, -0.2) is 17.6 Å². The zero-order chi connectivity index (χ0) is 14.4. The number of nitrogens with two attached hydrogens (primary N) is 1. The maximum atomic E-state index is 5.97. The summed E-state index contributed by atoms with van der Waals surface area (Å²) in [7, 11) is 0. The van der Waals surface area contributed by atoms with Crippen molar-refractivity contribution >= 4 is 5.82 Å². The molecule has 1 unspecified atom stereocenters. The number of pyridine rings is 1. The molecule has 0 fully saturated rings. The second kappa shape index (κ2) is 7.10. The Bertz CT molecular complexity index is 493. The number of anilines is 1. The molecule has 2 aromatic rings. The summed E-state index contributed by atoms with van der Waals surface area (Å²) in [4.78, 5) is 6.73. The summed E-state index contributed by atoms with van der Waals surface area (Å²) in [5.74, 6) is 1.92. The lowest BCUT2D eigenvalue weighted by Gasteiger charge is -2.21. The van der Waals surface area contributed by atoms with Gasteiger partial charge in [-0.1, -0.05) is 13.0 Å². The van der Waals surface area contributed by atoms with Gasteiger partial charge in [0.25, 0.3) is 0 Å². The monoisotopic (exact) mass is 273 g/mol. The molecule has 0 saturated heterocycles. The Kier molecular flexibility index (Phi) is 5.18. The van der Waals surface area contributed by atoms with Gasteiger partial charge in [0.15, 0.2) is 0 Å². The largest absolute Gasteiger partial charge is 0.467 e. The van der Waals surface area contributed by atoms with Crippen LogP contribution in [0, 0.1) is 0 Å². The van der Waals surface area contributed by atoms with Crippen LogP contribution in [0.5, 0.6) is 0 Å². The fraction of sp³-hybridized carbons (Fsp3) is 0.438. The molecule has 0 aliphatic carbocycles. The van der Waals surface area contributed by atoms with E-state index in [1.807, 2.05) is 18.3 Å². The van der Waals surface area contributed by atoms with E-state index in [2.05, 4.69) is 35.9 Å². The molecule has 108 valence electrons. The Morgan fingerprint density at radius 1 is 1.30 bits per heavy atom. The van der Waals surface area contributed by atoms with Crippen molar-refractivity contribution in [2.24, 2.45) is 5.73 Å². The van der Waals surface area contributed by atoms with Crippen molar-refractivity contribution in [3.05, 3.63) is 48.0 Å². The van der Waals surface area contributed by atoms with E-state index in [-0.39, 0.29) is 6.04 Å². The molecule has 4 heteroatoms. The molecule has 0 spiro atoms. The second-order valence-electron chi connectivity index (χ2n) is 4.99. The Hall–Kier alpha value is -1.81. The average molecular weight is 273 g/mol. The number of hydrogen-bond donors (Lipinski definition) is 1. The molecule has 2 N–H and O–H groups in total. The van der Waals surface area contributed by atoms with E-state index in [1.165, 1.54) is 5.56 Å². The van der Waals surface area contributed by atoms with Crippen LogP contribution in [0.15, 0.2) is 41.1 Å². The number of aromatic nitrogens is 1. The molecule has 2 rings (SSSR count). The van der Waals surface area contributed by atoms with Crippen molar-refractivity contribution in [2.75, 3.05) is 11.4 Å². The minimum Gasteiger partial charge on any atom is -0.467 e. The van der Waals surface area contributed by atoms with Gasteiger partial charge in [-0.3, -0.25) is 0 Å². The van der Waals surface area contributed by atoms with Crippen LogP contribution in [0.3, 0.4) is 0 Å². The lowest BCUT2D eigenvalue weighted by molar-refractivity contribution is 0.503. The van der Waals surface area contributed by atoms with E-state index in [9.17, 15) is 0 Å². The molecule has 2 heterocycles. The summed E-state index contributed by atoms with van der Waals surface area (Å²) >= 11 is 0. The Morgan fingerprint density at radius 3 is 2.70 bits per heavy atom. The van der Waals surface area contributed by atoms with Crippen LogP contribution in [0.2, 0.25) is 0 Å². The molecular weight excluding hydrogens is 250 g/mol. The van der Waals surface area contributed by atoms with Crippen molar-refractivity contribution in [2.45, 2.75) is 39.3 Å². The van der Waals surface area contributed by atoms with Crippen LogP contribution in [-0.2, 0) is 13.0 Å². The maximum Gasteiger partial charge on any atom is 0.128 e. The minimum atomic E-state index is 0.216. The van der Waals surface area contributed by atoms with E-state index in [1.54, 1.807) is 6.26 Å². The quantitative estimate of drug-likeness (QED) is 0.842. The standard InChI is InChI=1S/C16H23N3O/c1-3-14(17)10-13-7-8-16(18-11-13)19(4-2)12-15-6-5-9-20-15/h5-9,11,14H,3-4,10,12,17H2,1-2H3. The summed E-state index contributed by atoms with van der Waals surface area (Å²) in [6.07, 6.45) is 5.50. The number of nitrogens with zero attached hydrogens (tertiary/aromatic N) is 2. The van der Waals surface area contributed by atoms with Crippen LogP contribution in [0.1, 0.15) is 31.6 Å². The van der Waals surface area contributed by atoms with Gasteiger partial charge in [-0.2, -0.15) is 0 Å². The van der Waals surface area contributed by atoms with Gasteiger partial charge in [0.1, 0.15) is 11.6 Å². The van der Waals surface area contributed by atoms with Crippen LogP contribution < -0.4 is 10.6 Å². The fourth-order valence-corrected chi connectivity index (χ4v) is 2.12. The van der Waals surface area contributed by atoms with Gasteiger partial charge in [0.2, 0.25) is 0 Å². The van der Waals surface area contributed by atoms with Gasteiger partial charge in [0, 0.05) is 18.8 Å². The van der Waals surface area contributed by atoms with Crippen molar-refractivity contribution in [3.8, 4) is 0 Å². The van der Waals surface area contributed by atoms with E-state index < -0.39 is 0 Å². The second-order valence-corrected chi connectivity index (χ2v) is 4.99. The van der Waals surface area contributed by atoms with E-state index in [4.69, 9.17) is 10.2 Å². The Morgan fingerprint density at radius 2 is 2.15 bits per heavy atom. The molecule has 0 aliphatic rings. The summed E-state index contributed by atoms with van der Waals surface area (Å²) in [6, 6.07) is 8.28. The highest BCUT2D eigenvalue weighted by Crippen LogP contribution is 2.16. The first kappa shape index (κ1) is 14.6. The minimum absolute atomic E-state index is 0.216. The number of rotatable bonds is 7. The predicted octanol–water partition coefficient (Wildman–Crippen LogP) is 2.98. The molecule has 0 radical (unpaired) electrons. The highest BCUT2D eigenvalue weighted by molar-refractivity contribution is 5.39. The normalized spacial score (nSPS) is 12.3. The highest BCUT2D eigenvalue weighted by Gasteiger charge is 2.09. The third kappa shape index (κ3) is 3.84. The molecule has 20 heavy (non-hydrogen) atoms. The van der Waals surface area contributed by atoms with Gasteiger partial charge < -0.3 is 15.1 Å². The lowest BCUT2D eigenvalue weighted by Crippen LogP contribution is -2.23. The van der Waals surface area contributed by atoms with Crippen LogP contribution >= 0.6 is 0 Å². The summed E-state index contributed by atoms with van der Waals surface area (Å²) in [6.45, 7) is 5.85. The smallest absolute Gasteiger partial charge is 0.128 e. The SMILES string of the molecule is CCC(N)Cc1ccc(N(CC)Cc2ccco2)nc1. The first-order valence-corrected chi connectivity index (χ1v) is 7.20. The molecule has 0 amide bonds. The zero-order valence-corrected chi connectivity index (χ0v) is 12.2.